The van der Waals surface area contributed by atoms with Crippen LogP contribution in [0.15, 0.2) is 39.8 Å². The monoisotopic (exact) mass is 341 g/mol. The second kappa shape index (κ2) is 5.70. The molecule has 4 rings (SSSR count). The Morgan fingerprint density at radius 3 is 2.92 bits per heavy atom. The Bertz CT molecular complexity index is 1020. The minimum Gasteiger partial charge on any atom is -0.448 e. The van der Waals surface area contributed by atoms with Gasteiger partial charge in [-0.25, -0.2) is 4.98 Å². The number of nitrogens with zero attached hydrogens (tertiary/aromatic N) is 2. The lowest BCUT2D eigenvalue weighted by atomic mass is 9.97. The summed E-state index contributed by atoms with van der Waals surface area (Å²) in [6, 6.07) is 7.29. The molecule has 1 unspecified atom stereocenters. The van der Waals surface area contributed by atoms with Gasteiger partial charge in [-0.15, -0.1) is 0 Å². The van der Waals surface area contributed by atoms with Crippen LogP contribution in [0.5, 0.6) is 0 Å². The number of hydrogen-bond donors (Lipinski definition) is 2. The van der Waals surface area contributed by atoms with Crippen molar-refractivity contribution in [2.24, 2.45) is 5.92 Å². The van der Waals surface area contributed by atoms with Crippen molar-refractivity contribution >= 4 is 28.0 Å². The Balaban J connectivity index is 1.63. The highest BCUT2D eigenvalue weighted by Gasteiger charge is 2.42. The van der Waals surface area contributed by atoms with Gasteiger partial charge in [0.1, 0.15) is 17.6 Å². The number of benzene rings is 1. The molecule has 1 aliphatic rings. The van der Waals surface area contributed by atoms with Crippen LogP contribution in [0, 0.1) is 5.92 Å². The first kappa shape index (κ1) is 15.8. The van der Waals surface area contributed by atoms with E-state index in [2.05, 4.69) is 10.3 Å². The molecule has 1 fully saturated rings. The number of amides is 1. The number of para-hydroxylation sites is 1. The molecule has 0 radical (unpaired) electrons. The highest BCUT2D eigenvalue weighted by molar-refractivity contribution is 6.01. The SMILES string of the molecule is CC(CO)(NC(=O)Cn1cnc2c(oc3ccccc32)c1=O)C1CC1. The Hall–Kier alpha value is -2.67. The van der Waals surface area contributed by atoms with Gasteiger partial charge in [0.15, 0.2) is 0 Å². The summed E-state index contributed by atoms with van der Waals surface area (Å²) in [6.45, 7) is 1.53. The van der Waals surface area contributed by atoms with Crippen LogP contribution in [-0.4, -0.2) is 32.7 Å². The lowest BCUT2D eigenvalue weighted by Crippen LogP contribution is -2.52. The van der Waals surface area contributed by atoms with Gasteiger partial charge in [-0.2, -0.15) is 0 Å². The molecule has 7 nitrogen and oxygen atoms in total. The molecular weight excluding hydrogens is 322 g/mol. The van der Waals surface area contributed by atoms with Crippen LogP contribution in [0.25, 0.3) is 22.1 Å². The Labute approximate surface area is 143 Å². The molecule has 0 spiro atoms. The third kappa shape index (κ3) is 2.70. The fourth-order valence-corrected chi connectivity index (χ4v) is 3.23. The summed E-state index contributed by atoms with van der Waals surface area (Å²) in [5, 5.41) is 13.2. The molecule has 130 valence electrons. The van der Waals surface area contributed by atoms with E-state index >= 15 is 0 Å². The average Bonchev–Trinajstić information content (AvgIpc) is 3.39. The number of rotatable bonds is 5. The maximum absolute atomic E-state index is 12.6. The largest absolute Gasteiger partial charge is 0.448 e. The van der Waals surface area contributed by atoms with E-state index in [4.69, 9.17) is 4.42 Å². The number of carbonyl (C=O) groups is 1. The number of nitrogens with one attached hydrogen (secondary N) is 1. The normalized spacial score (nSPS) is 16.9. The smallest absolute Gasteiger partial charge is 0.297 e. The van der Waals surface area contributed by atoms with Crippen LogP contribution in [-0.2, 0) is 11.3 Å². The maximum atomic E-state index is 12.6. The highest BCUT2D eigenvalue weighted by atomic mass is 16.3. The van der Waals surface area contributed by atoms with Gasteiger partial charge in [0, 0.05) is 5.39 Å². The minimum atomic E-state index is -0.641. The van der Waals surface area contributed by atoms with E-state index in [-0.39, 0.29) is 30.6 Å². The van der Waals surface area contributed by atoms with E-state index in [1.54, 1.807) is 6.07 Å². The molecule has 2 N–H and O–H groups in total. The van der Waals surface area contributed by atoms with E-state index in [0.29, 0.717) is 11.1 Å². The summed E-state index contributed by atoms with van der Waals surface area (Å²) < 4.78 is 6.84. The molecule has 2 aromatic heterocycles. The van der Waals surface area contributed by atoms with Crippen LogP contribution in [0.2, 0.25) is 0 Å². The lowest BCUT2D eigenvalue weighted by Gasteiger charge is -2.28. The second-order valence-corrected chi connectivity index (χ2v) is 6.85. The lowest BCUT2D eigenvalue weighted by molar-refractivity contribution is -0.124. The fourth-order valence-electron chi connectivity index (χ4n) is 3.23. The zero-order valence-electron chi connectivity index (χ0n) is 13.9. The van der Waals surface area contributed by atoms with Crippen LogP contribution in [0.1, 0.15) is 19.8 Å². The van der Waals surface area contributed by atoms with Crippen LogP contribution >= 0.6 is 0 Å². The van der Waals surface area contributed by atoms with Crippen molar-refractivity contribution in [3.63, 3.8) is 0 Å². The van der Waals surface area contributed by atoms with E-state index < -0.39 is 11.1 Å². The molecule has 1 atom stereocenters. The van der Waals surface area contributed by atoms with Gasteiger partial charge in [-0.05, 0) is 37.8 Å². The minimum absolute atomic E-state index is 0.126. The first-order chi connectivity index (χ1) is 12.0. The van der Waals surface area contributed by atoms with Gasteiger partial charge in [0.2, 0.25) is 11.5 Å². The van der Waals surface area contributed by atoms with Crippen molar-refractivity contribution in [2.75, 3.05) is 6.61 Å². The van der Waals surface area contributed by atoms with E-state index in [1.165, 1.54) is 10.9 Å². The Morgan fingerprint density at radius 2 is 2.20 bits per heavy atom. The van der Waals surface area contributed by atoms with Crippen LogP contribution in [0.3, 0.4) is 0 Å². The zero-order chi connectivity index (χ0) is 17.6. The van der Waals surface area contributed by atoms with E-state index in [9.17, 15) is 14.7 Å². The first-order valence-corrected chi connectivity index (χ1v) is 8.30. The third-order valence-electron chi connectivity index (χ3n) is 4.90. The summed E-state index contributed by atoms with van der Waals surface area (Å²) >= 11 is 0. The molecule has 3 aromatic rings. The predicted molar refractivity (Wildman–Crippen MR) is 92.1 cm³/mol. The standard InChI is InChI=1S/C18H19N3O4/c1-18(9-22,11-6-7-11)20-14(23)8-21-10-19-15-12-4-2-3-5-13(12)25-16(15)17(21)24/h2-5,10-11,22H,6-9H2,1H3,(H,20,23). The third-order valence-corrected chi connectivity index (χ3v) is 4.90. The molecule has 1 saturated carbocycles. The molecule has 1 aromatic carbocycles. The molecule has 0 saturated heterocycles. The number of carbonyl (C=O) groups excluding carboxylic acids is 1. The van der Waals surface area contributed by atoms with Crippen molar-refractivity contribution in [3.8, 4) is 0 Å². The van der Waals surface area contributed by atoms with Gasteiger partial charge in [0.25, 0.3) is 5.56 Å². The summed E-state index contributed by atoms with van der Waals surface area (Å²) in [4.78, 5) is 29.2. The van der Waals surface area contributed by atoms with Crippen molar-refractivity contribution in [1.29, 1.82) is 0 Å². The van der Waals surface area contributed by atoms with Crippen molar-refractivity contribution < 1.29 is 14.3 Å². The van der Waals surface area contributed by atoms with Crippen LogP contribution < -0.4 is 10.9 Å². The fraction of sp³-hybridized carbons (Fsp3) is 0.389. The van der Waals surface area contributed by atoms with E-state index in [1.807, 2.05) is 25.1 Å². The molecule has 2 heterocycles. The summed E-state index contributed by atoms with van der Waals surface area (Å²) in [5.41, 5.74) is 0.191. The highest BCUT2D eigenvalue weighted by Crippen LogP contribution is 2.39. The van der Waals surface area contributed by atoms with Gasteiger partial charge in [0.05, 0.1) is 18.5 Å². The van der Waals surface area contributed by atoms with Gasteiger partial charge in [-0.1, -0.05) is 12.1 Å². The molecule has 1 aliphatic carbocycles. The molecule has 1 amide bonds. The number of aliphatic hydroxyl groups excluding tert-OH is 1. The van der Waals surface area contributed by atoms with Crippen molar-refractivity contribution in [1.82, 2.24) is 14.9 Å². The Kier molecular flexibility index (Phi) is 3.61. The first-order valence-electron chi connectivity index (χ1n) is 8.30. The number of fused-ring (bicyclic) bond motifs is 3. The summed E-state index contributed by atoms with van der Waals surface area (Å²) in [6.07, 6.45) is 3.34. The Morgan fingerprint density at radius 1 is 1.44 bits per heavy atom. The maximum Gasteiger partial charge on any atom is 0.297 e. The second-order valence-electron chi connectivity index (χ2n) is 6.85. The van der Waals surface area contributed by atoms with Gasteiger partial charge < -0.3 is 14.8 Å². The summed E-state index contributed by atoms with van der Waals surface area (Å²) in [5.74, 6) is -0.0445. The number of furan rings is 1. The van der Waals surface area contributed by atoms with Gasteiger partial charge in [-0.3, -0.25) is 14.2 Å². The zero-order valence-corrected chi connectivity index (χ0v) is 13.9. The van der Waals surface area contributed by atoms with Crippen molar-refractivity contribution in [2.45, 2.75) is 31.8 Å². The molecule has 25 heavy (non-hydrogen) atoms. The molecular formula is C18H19N3O4. The molecule has 0 bridgehead atoms. The van der Waals surface area contributed by atoms with Gasteiger partial charge >= 0.3 is 0 Å². The quantitative estimate of drug-likeness (QED) is 0.731. The molecule has 7 heteroatoms. The number of aliphatic hydroxyl groups is 1. The number of hydrogen-bond acceptors (Lipinski definition) is 5. The van der Waals surface area contributed by atoms with Crippen molar-refractivity contribution in [3.05, 3.63) is 40.9 Å². The average molecular weight is 341 g/mol. The predicted octanol–water partition coefficient (Wildman–Crippen LogP) is 1.42. The topological polar surface area (TPSA) is 97.4 Å². The number of aromatic nitrogens is 2. The summed E-state index contributed by atoms with van der Waals surface area (Å²) in [7, 11) is 0. The molecule has 0 aliphatic heterocycles. The van der Waals surface area contributed by atoms with E-state index in [0.717, 1.165) is 18.2 Å². The van der Waals surface area contributed by atoms with Crippen LogP contribution in [0.4, 0.5) is 0 Å².